The summed E-state index contributed by atoms with van der Waals surface area (Å²) < 4.78 is 33.4. The van der Waals surface area contributed by atoms with E-state index in [0.29, 0.717) is 13.0 Å². The maximum absolute atomic E-state index is 12.6. The van der Waals surface area contributed by atoms with Crippen LogP contribution in [-0.4, -0.2) is 49.9 Å². The van der Waals surface area contributed by atoms with Crippen LogP contribution in [0.1, 0.15) is 142 Å². The Hall–Kier alpha value is -3.36. The van der Waals surface area contributed by atoms with Crippen LogP contribution in [0.5, 0.6) is 0 Å². The molecule has 9 heteroatoms. The van der Waals surface area contributed by atoms with Gasteiger partial charge in [-0.15, -0.1) is 0 Å². The first-order valence-electron chi connectivity index (χ1n) is 22.7. The fraction of sp³-hybridized carbons (Fsp3) is 0.549. The highest BCUT2D eigenvalue weighted by atomic mass is 31.2. The van der Waals surface area contributed by atoms with Crippen LogP contribution < -0.4 is 5.73 Å². The number of esters is 1. The number of unbranched alkanes of at least 4 members (excludes halogenated alkanes) is 6. The lowest BCUT2D eigenvalue weighted by Crippen LogP contribution is -2.28. The van der Waals surface area contributed by atoms with Crippen LogP contribution in [-0.2, 0) is 27.9 Å². The minimum atomic E-state index is -4.31. The van der Waals surface area contributed by atoms with E-state index in [-0.39, 0.29) is 38.8 Å². The van der Waals surface area contributed by atoms with Crippen LogP contribution in [0.2, 0.25) is 0 Å². The Morgan fingerprint density at radius 1 is 0.500 bits per heavy atom. The van der Waals surface area contributed by atoms with Gasteiger partial charge in [0.05, 0.1) is 19.8 Å². The van der Waals surface area contributed by atoms with Gasteiger partial charge in [-0.3, -0.25) is 13.8 Å². The molecule has 0 heterocycles. The first kappa shape index (κ1) is 56.6. The number of phosphoric acid groups is 1. The first-order valence-corrected chi connectivity index (χ1v) is 24.2. The maximum Gasteiger partial charge on any atom is 0.472 e. The number of ether oxygens (including phenoxy) is 2. The lowest BCUT2D eigenvalue weighted by molar-refractivity contribution is -0.154. The average molecular weight is 852 g/mol. The van der Waals surface area contributed by atoms with E-state index in [9.17, 15) is 14.3 Å². The van der Waals surface area contributed by atoms with E-state index in [1.165, 1.54) is 0 Å². The molecule has 0 saturated heterocycles. The number of nitrogens with two attached hydrogens (primary N) is 1. The number of rotatable bonds is 41. The smallest absolute Gasteiger partial charge is 0.457 e. The lowest BCUT2D eigenvalue weighted by Gasteiger charge is -2.20. The summed E-state index contributed by atoms with van der Waals surface area (Å²) in [6, 6.07) is 0. The number of allylic oxidation sites excluding steroid dienone is 22. The van der Waals surface area contributed by atoms with Crippen LogP contribution >= 0.6 is 7.82 Å². The van der Waals surface area contributed by atoms with Crippen molar-refractivity contribution in [3.05, 3.63) is 134 Å². The highest BCUT2D eigenvalue weighted by Gasteiger charge is 2.25. The van der Waals surface area contributed by atoms with Gasteiger partial charge in [-0.25, -0.2) is 4.57 Å². The molecule has 0 radical (unpaired) electrons. The zero-order chi connectivity index (χ0) is 43.7. The van der Waals surface area contributed by atoms with Gasteiger partial charge in [0, 0.05) is 19.6 Å². The Morgan fingerprint density at radius 2 is 0.883 bits per heavy atom. The van der Waals surface area contributed by atoms with Crippen LogP contribution in [0.3, 0.4) is 0 Å². The third-order valence-electron chi connectivity index (χ3n) is 8.56. The van der Waals surface area contributed by atoms with Gasteiger partial charge in [0.1, 0.15) is 6.10 Å². The SMILES string of the molecule is CC/C=C\C/C=C\C/C=C\C/C=C\C/C=C\C/C=C\C/C=C\CCCCCC(=O)OC(COCCCCC/C=C\C/C=C\C/C=C\C/C=C\CC)COP(=O)(O)OCCN. The quantitative estimate of drug-likeness (QED) is 0.0270. The van der Waals surface area contributed by atoms with E-state index in [0.717, 1.165) is 116 Å². The molecule has 0 fully saturated rings. The Morgan fingerprint density at radius 3 is 1.28 bits per heavy atom. The van der Waals surface area contributed by atoms with Crippen molar-refractivity contribution in [1.82, 2.24) is 0 Å². The van der Waals surface area contributed by atoms with E-state index in [2.05, 4.69) is 148 Å². The number of carbonyl (C=O) groups excluding carboxylic acids is 1. The summed E-state index contributed by atoms with van der Waals surface area (Å²) in [5, 5.41) is 0. The second kappa shape index (κ2) is 46.7. The zero-order valence-corrected chi connectivity index (χ0v) is 38.3. The molecule has 8 nitrogen and oxygen atoms in total. The Labute approximate surface area is 366 Å². The largest absolute Gasteiger partial charge is 0.472 e. The van der Waals surface area contributed by atoms with Gasteiger partial charge in [-0.05, 0) is 109 Å². The first-order chi connectivity index (χ1) is 29.4. The van der Waals surface area contributed by atoms with E-state index in [4.69, 9.17) is 24.3 Å². The number of phosphoric ester groups is 1. The van der Waals surface area contributed by atoms with Crippen molar-refractivity contribution in [2.75, 3.05) is 33.0 Å². The molecule has 0 rings (SSSR count). The second-order valence-electron chi connectivity index (χ2n) is 14.1. The van der Waals surface area contributed by atoms with Crippen molar-refractivity contribution in [2.45, 2.75) is 148 Å². The second-order valence-corrected chi connectivity index (χ2v) is 15.6. The third kappa shape index (κ3) is 45.7. The molecule has 2 atom stereocenters. The van der Waals surface area contributed by atoms with Crippen molar-refractivity contribution in [3.8, 4) is 0 Å². The summed E-state index contributed by atoms with van der Waals surface area (Å²) in [6.07, 6.45) is 66.2. The monoisotopic (exact) mass is 852 g/mol. The Kier molecular flexibility index (Phi) is 44.1. The highest BCUT2D eigenvalue weighted by Crippen LogP contribution is 2.43. The molecule has 338 valence electrons. The zero-order valence-electron chi connectivity index (χ0n) is 37.4. The van der Waals surface area contributed by atoms with Crippen molar-refractivity contribution >= 4 is 13.8 Å². The summed E-state index contributed by atoms with van der Waals surface area (Å²) >= 11 is 0. The summed E-state index contributed by atoms with van der Waals surface area (Å²) in [6.45, 7) is 4.52. The van der Waals surface area contributed by atoms with Crippen LogP contribution in [0.4, 0.5) is 0 Å². The molecular formula is C51H82NO7P. The van der Waals surface area contributed by atoms with Crippen LogP contribution in [0, 0.1) is 0 Å². The summed E-state index contributed by atoms with van der Waals surface area (Å²) in [5.74, 6) is -0.381. The van der Waals surface area contributed by atoms with Crippen LogP contribution in [0.15, 0.2) is 134 Å². The number of carbonyl (C=O) groups is 1. The predicted molar refractivity (Wildman–Crippen MR) is 256 cm³/mol. The van der Waals surface area contributed by atoms with Gasteiger partial charge in [-0.1, -0.05) is 160 Å². The van der Waals surface area contributed by atoms with Gasteiger partial charge in [0.2, 0.25) is 0 Å². The fourth-order valence-electron chi connectivity index (χ4n) is 5.32. The third-order valence-corrected chi connectivity index (χ3v) is 9.55. The molecule has 0 spiro atoms. The standard InChI is InChI=1S/C51H82NO7P/c1-3-5-7-9-11-13-15-17-19-21-22-23-24-25-26-27-28-29-30-32-34-36-38-40-42-44-51(53)59-50(49-58-60(54,55)57-47-45-52)48-56-46-43-41-39-37-35-33-31-20-18-16-14-12-10-8-6-4-2/h5-8,11-14,17-20,22-23,25-26,28-29,32-35,50H,3-4,9-10,15-16,21,24,27,30-31,36-49,52H2,1-2H3,(H,54,55)/b7-5-,8-6-,13-11-,14-12-,19-17-,20-18-,23-22-,26-25-,29-28-,34-32-,35-33-. The summed E-state index contributed by atoms with van der Waals surface area (Å²) in [4.78, 5) is 22.5. The minimum absolute atomic E-state index is 0.0705. The molecule has 60 heavy (non-hydrogen) atoms. The molecule has 2 unspecified atom stereocenters. The topological polar surface area (TPSA) is 117 Å². The number of hydrogen-bond acceptors (Lipinski definition) is 7. The Bertz CT molecular complexity index is 1370. The van der Waals surface area contributed by atoms with Gasteiger partial charge < -0.3 is 20.1 Å². The lowest BCUT2D eigenvalue weighted by atomic mass is 10.1. The van der Waals surface area contributed by atoms with Gasteiger partial charge in [-0.2, -0.15) is 0 Å². The van der Waals surface area contributed by atoms with Crippen molar-refractivity contribution in [1.29, 1.82) is 0 Å². The molecule has 0 amide bonds. The van der Waals surface area contributed by atoms with Crippen molar-refractivity contribution < 1.29 is 32.8 Å². The maximum atomic E-state index is 12.6. The molecule has 0 aliphatic rings. The molecule has 0 bridgehead atoms. The van der Waals surface area contributed by atoms with E-state index in [1.54, 1.807) is 0 Å². The number of hydrogen-bond donors (Lipinski definition) is 2. The molecule has 3 N–H and O–H groups in total. The average Bonchev–Trinajstić information content (AvgIpc) is 3.24. The van der Waals surface area contributed by atoms with Gasteiger partial charge >= 0.3 is 13.8 Å². The molecule has 0 aromatic carbocycles. The van der Waals surface area contributed by atoms with E-state index >= 15 is 0 Å². The van der Waals surface area contributed by atoms with Gasteiger partial charge in [0.25, 0.3) is 0 Å². The predicted octanol–water partition coefficient (Wildman–Crippen LogP) is 14.0. The molecule has 0 aromatic rings. The molecule has 0 saturated carbocycles. The molecular weight excluding hydrogens is 770 g/mol. The summed E-state index contributed by atoms with van der Waals surface area (Å²) in [7, 11) is -4.31. The molecule has 0 aliphatic carbocycles. The normalized spacial score (nSPS) is 14.7. The van der Waals surface area contributed by atoms with E-state index in [1.807, 2.05) is 0 Å². The van der Waals surface area contributed by atoms with E-state index < -0.39 is 13.9 Å². The van der Waals surface area contributed by atoms with Gasteiger partial charge in [0.15, 0.2) is 0 Å². The fourth-order valence-corrected chi connectivity index (χ4v) is 6.08. The molecule has 0 aliphatic heterocycles. The minimum Gasteiger partial charge on any atom is -0.457 e. The highest BCUT2D eigenvalue weighted by molar-refractivity contribution is 7.47. The Balaban J connectivity index is 4.19. The van der Waals surface area contributed by atoms with Crippen LogP contribution in [0.25, 0.3) is 0 Å². The van der Waals surface area contributed by atoms with Crippen molar-refractivity contribution in [3.63, 3.8) is 0 Å². The summed E-state index contributed by atoms with van der Waals surface area (Å²) in [5.41, 5.74) is 5.37. The molecule has 0 aromatic heterocycles. The van der Waals surface area contributed by atoms with Crippen molar-refractivity contribution in [2.24, 2.45) is 5.73 Å².